The second-order valence-electron chi connectivity index (χ2n) is 7.70. The van der Waals surface area contributed by atoms with Gasteiger partial charge in [0.1, 0.15) is 5.82 Å². The van der Waals surface area contributed by atoms with Gasteiger partial charge in [0.2, 0.25) is 0 Å². The molecule has 1 saturated heterocycles. The maximum Gasteiger partial charge on any atom is 0.255 e. The van der Waals surface area contributed by atoms with Gasteiger partial charge in [-0.05, 0) is 56.2 Å². The van der Waals surface area contributed by atoms with E-state index in [-0.39, 0.29) is 28.9 Å². The Kier molecular flexibility index (Phi) is 6.18. The highest BCUT2D eigenvalue weighted by atomic mass is 35.5. The van der Waals surface area contributed by atoms with Crippen molar-refractivity contribution in [2.75, 3.05) is 13.1 Å². The molecule has 2 atom stereocenters. The summed E-state index contributed by atoms with van der Waals surface area (Å²) in [4.78, 5) is 35.0. The third kappa shape index (κ3) is 4.39. The number of nitrogens with one attached hydrogen (secondary N) is 2. The predicted octanol–water partition coefficient (Wildman–Crippen LogP) is 3.92. The topological polar surface area (TPSA) is 104 Å². The van der Waals surface area contributed by atoms with E-state index < -0.39 is 0 Å². The summed E-state index contributed by atoms with van der Waals surface area (Å²) in [6.45, 7) is 2.92. The first-order chi connectivity index (χ1) is 14.9. The van der Waals surface area contributed by atoms with E-state index >= 15 is 0 Å². The molecule has 4 rings (SSSR count). The molecule has 4 N–H and O–H groups in total. The Bertz CT molecular complexity index is 1150. The lowest BCUT2D eigenvalue weighted by Crippen LogP contribution is -2.40. The van der Waals surface area contributed by atoms with E-state index in [9.17, 15) is 9.59 Å². The second kappa shape index (κ2) is 8.86. The number of halogens is 2. The summed E-state index contributed by atoms with van der Waals surface area (Å²) in [5.74, 6) is 0.150. The molecular weight excluding hydrogens is 437 g/mol. The molecule has 2 amide bonds. The third-order valence-electron chi connectivity index (χ3n) is 5.59. The standard InChI is InChI=1S/C22H23Cl2N5O2/c1-12(20-27-18-7-5-14(23)10-19(18)28-20)26-21(30)13-4-6-16(17(24)9-13)22(31)29-8-2-3-15(29)11-25/h4-7,9-10,12,15H,2-3,8,11,25H2,1H3,(H,26,30)(H,27,28)/t12-,15?/m0/s1. The van der Waals surface area contributed by atoms with Crippen LogP contribution in [0.15, 0.2) is 36.4 Å². The number of likely N-dealkylation sites (tertiary alicyclic amines) is 1. The zero-order chi connectivity index (χ0) is 22.1. The molecule has 9 heteroatoms. The molecule has 31 heavy (non-hydrogen) atoms. The normalized spacial score (nSPS) is 17.2. The molecule has 3 aromatic rings. The number of nitrogens with zero attached hydrogens (tertiary/aromatic N) is 2. The van der Waals surface area contributed by atoms with Crippen molar-refractivity contribution >= 4 is 46.0 Å². The zero-order valence-corrected chi connectivity index (χ0v) is 18.5. The van der Waals surface area contributed by atoms with Crippen LogP contribution in [0, 0.1) is 0 Å². The van der Waals surface area contributed by atoms with Gasteiger partial charge >= 0.3 is 0 Å². The van der Waals surface area contributed by atoms with E-state index in [4.69, 9.17) is 28.9 Å². The molecule has 2 heterocycles. The molecular formula is C22H23Cl2N5O2. The minimum Gasteiger partial charge on any atom is -0.342 e. The molecule has 7 nitrogen and oxygen atoms in total. The first kappa shape index (κ1) is 21.6. The molecule has 1 aliphatic rings. The number of rotatable bonds is 5. The zero-order valence-electron chi connectivity index (χ0n) is 17.0. The number of benzene rings is 2. The van der Waals surface area contributed by atoms with E-state index in [0.29, 0.717) is 35.1 Å². The van der Waals surface area contributed by atoms with Crippen molar-refractivity contribution in [1.82, 2.24) is 20.2 Å². The van der Waals surface area contributed by atoms with Crippen molar-refractivity contribution < 1.29 is 9.59 Å². The number of imidazole rings is 1. The van der Waals surface area contributed by atoms with E-state index in [0.717, 1.165) is 23.9 Å². The highest BCUT2D eigenvalue weighted by Crippen LogP contribution is 2.25. The largest absolute Gasteiger partial charge is 0.342 e. The average molecular weight is 460 g/mol. The Labute approximate surface area is 189 Å². The number of H-pyrrole nitrogens is 1. The van der Waals surface area contributed by atoms with Crippen LogP contribution in [0.2, 0.25) is 10.0 Å². The van der Waals surface area contributed by atoms with E-state index in [1.165, 1.54) is 6.07 Å². The first-order valence-electron chi connectivity index (χ1n) is 10.1. The Morgan fingerprint density at radius 2 is 2.10 bits per heavy atom. The van der Waals surface area contributed by atoms with Gasteiger partial charge in [0.05, 0.1) is 27.7 Å². The average Bonchev–Trinajstić information content (AvgIpc) is 3.39. The van der Waals surface area contributed by atoms with Crippen LogP contribution in [0.1, 0.15) is 52.3 Å². The maximum absolute atomic E-state index is 12.9. The van der Waals surface area contributed by atoms with Crippen LogP contribution in [-0.2, 0) is 0 Å². The smallest absolute Gasteiger partial charge is 0.255 e. The highest BCUT2D eigenvalue weighted by molar-refractivity contribution is 6.34. The molecule has 1 aliphatic heterocycles. The molecule has 1 fully saturated rings. The number of carbonyl (C=O) groups excluding carboxylic acids is 2. The minimum absolute atomic E-state index is 0.0334. The van der Waals surface area contributed by atoms with Crippen molar-refractivity contribution in [3.63, 3.8) is 0 Å². The number of amides is 2. The van der Waals surface area contributed by atoms with Gasteiger partial charge in [-0.1, -0.05) is 23.2 Å². The molecule has 0 spiro atoms. The molecule has 2 aromatic carbocycles. The first-order valence-corrected chi connectivity index (χ1v) is 10.9. The Morgan fingerprint density at radius 1 is 1.29 bits per heavy atom. The van der Waals surface area contributed by atoms with Gasteiger partial charge in [-0.15, -0.1) is 0 Å². The summed E-state index contributed by atoms with van der Waals surface area (Å²) in [5.41, 5.74) is 8.08. The fourth-order valence-corrected chi connectivity index (χ4v) is 4.32. The van der Waals surface area contributed by atoms with E-state index in [2.05, 4.69) is 15.3 Å². The summed E-state index contributed by atoms with van der Waals surface area (Å²) in [6.07, 6.45) is 1.82. The number of hydrogen-bond acceptors (Lipinski definition) is 4. The van der Waals surface area contributed by atoms with Gasteiger partial charge in [0.25, 0.3) is 11.8 Å². The lowest BCUT2D eigenvalue weighted by molar-refractivity contribution is 0.0740. The molecule has 0 saturated carbocycles. The van der Waals surface area contributed by atoms with Crippen molar-refractivity contribution in [1.29, 1.82) is 0 Å². The number of hydrogen-bond donors (Lipinski definition) is 3. The van der Waals surface area contributed by atoms with Crippen LogP contribution < -0.4 is 11.1 Å². The Balaban J connectivity index is 1.48. The highest BCUT2D eigenvalue weighted by Gasteiger charge is 2.29. The lowest BCUT2D eigenvalue weighted by Gasteiger charge is -2.24. The van der Waals surface area contributed by atoms with Gasteiger partial charge in [0, 0.05) is 29.7 Å². The summed E-state index contributed by atoms with van der Waals surface area (Å²) in [6, 6.07) is 9.75. The number of aromatic amines is 1. The van der Waals surface area contributed by atoms with Crippen molar-refractivity contribution in [3.8, 4) is 0 Å². The Morgan fingerprint density at radius 3 is 2.84 bits per heavy atom. The fourth-order valence-electron chi connectivity index (χ4n) is 3.89. The van der Waals surface area contributed by atoms with Crippen LogP contribution in [0.4, 0.5) is 0 Å². The van der Waals surface area contributed by atoms with Gasteiger partial charge in [-0.25, -0.2) is 4.98 Å². The van der Waals surface area contributed by atoms with Crippen molar-refractivity contribution in [2.45, 2.75) is 31.8 Å². The van der Waals surface area contributed by atoms with E-state index in [1.54, 1.807) is 29.2 Å². The van der Waals surface area contributed by atoms with Gasteiger partial charge < -0.3 is 20.9 Å². The fraction of sp³-hybridized carbons (Fsp3) is 0.318. The van der Waals surface area contributed by atoms with Crippen LogP contribution in [-0.4, -0.2) is 45.8 Å². The number of nitrogens with two attached hydrogens (primary N) is 1. The van der Waals surface area contributed by atoms with Crippen molar-refractivity contribution in [3.05, 3.63) is 63.4 Å². The molecule has 1 aromatic heterocycles. The van der Waals surface area contributed by atoms with Gasteiger partial charge in [-0.3, -0.25) is 9.59 Å². The third-order valence-corrected chi connectivity index (χ3v) is 6.14. The lowest BCUT2D eigenvalue weighted by atomic mass is 10.1. The molecule has 0 radical (unpaired) electrons. The predicted molar refractivity (Wildman–Crippen MR) is 122 cm³/mol. The molecule has 162 valence electrons. The SMILES string of the molecule is C[C@H](NC(=O)c1ccc(C(=O)N2CCCC2CN)c(Cl)c1)c1nc2ccc(Cl)cc2[nH]1. The second-order valence-corrected chi connectivity index (χ2v) is 8.55. The molecule has 1 unspecified atom stereocenters. The number of fused-ring (bicyclic) bond motifs is 1. The summed E-state index contributed by atoms with van der Waals surface area (Å²) in [7, 11) is 0. The summed E-state index contributed by atoms with van der Waals surface area (Å²) >= 11 is 12.4. The van der Waals surface area contributed by atoms with Crippen LogP contribution >= 0.6 is 23.2 Å². The Hall–Kier alpha value is -2.61. The van der Waals surface area contributed by atoms with Gasteiger partial charge in [0.15, 0.2) is 0 Å². The number of aromatic nitrogens is 2. The van der Waals surface area contributed by atoms with Crippen molar-refractivity contribution in [2.24, 2.45) is 5.73 Å². The van der Waals surface area contributed by atoms with Crippen LogP contribution in [0.5, 0.6) is 0 Å². The maximum atomic E-state index is 12.9. The van der Waals surface area contributed by atoms with E-state index in [1.807, 2.05) is 13.0 Å². The summed E-state index contributed by atoms with van der Waals surface area (Å²) < 4.78 is 0. The van der Waals surface area contributed by atoms with Gasteiger partial charge in [-0.2, -0.15) is 0 Å². The number of carbonyl (C=O) groups is 2. The monoisotopic (exact) mass is 459 g/mol. The van der Waals surface area contributed by atoms with Crippen LogP contribution in [0.3, 0.4) is 0 Å². The quantitative estimate of drug-likeness (QED) is 0.537. The molecule has 0 bridgehead atoms. The summed E-state index contributed by atoms with van der Waals surface area (Å²) in [5, 5.41) is 3.75. The minimum atomic E-state index is -0.367. The molecule has 0 aliphatic carbocycles. The van der Waals surface area contributed by atoms with Crippen LogP contribution in [0.25, 0.3) is 11.0 Å².